The van der Waals surface area contributed by atoms with Crippen LogP contribution in [0.2, 0.25) is 0 Å². The van der Waals surface area contributed by atoms with Crippen LogP contribution in [0, 0.1) is 0 Å². The fraction of sp³-hybridized carbons (Fsp3) is 0.600. The van der Waals surface area contributed by atoms with E-state index in [2.05, 4.69) is 27.4 Å². The molecule has 0 amide bonds. The average Bonchev–Trinajstić information content (AvgIpc) is 2.97. The Morgan fingerprint density at radius 1 is 1.31 bits per heavy atom. The molecule has 2 aliphatic carbocycles. The number of halogens is 1. The van der Waals surface area contributed by atoms with Crippen LogP contribution >= 0.6 is 27.3 Å². The van der Waals surface area contributed by atoms with Gasteiger partial charge in [0.2, 0.25) is 0 Å². The van der Waals surface area contributed by atoms with Gasteiger partial charge in [0.25, 0.3) is 0 Å². The highest BCUT2D eigenvalue weighted by atomic mass is 79.9. The standard InChI is InChI=1S/C10H12BrNS/c11-7-5-8(13-6-7)9(1-2-9)10(12)3-4-10/h5-6H,1-4,12H2. The second-order valence-electron chi connectivity index (χ2n) is 4.37. The molecule has 3 heteroatoms. The molecule has 1 aromatic heterocycles. The van der Waals surface area contributed by atoms with Gasteiger partial charge in [0.15, 0.2) is 0 Å². The second-order valence-corrected chi connectivity index (χ2v) is 6.19. The molecule has 70 valence electrons. The summed E-state index contributed by atoms with van der Waals surface area (Å²) in [5, 5.41) is 2.17. The summed E-state index contributed by atoms with van der Waals surface area (Å²) < 4.78 is 1.21. The predicted octanol–water partition coefficient (Wildman–Crippen LogP) is 3.03. The monoisotopic (exact) mass is 257 g/mol. The molecule has 1 heterocycles. The minimum Gasteiger partial charge on any atom is -0.324 e. The Morgan fingerprint density at radius 2 is 2.00 bits per heavy atom. The number of hydrogen-bond donors (Lipinski definition) is 1. The number of nitrogens with two attached hydrogens (primary N) is 1. The van der Waals surface area contributed by atoms with Gasteiger partial charge in [-0.1, -0.05) is 0 Å². The van der Waals surface area contributed by atoms with Gasteiger partial charge in [-0.2, -0.15) is 0 Å². The molecule has 1 aromatic rings. The molecule has 3 rings (SSSR count). The van der Waals surface area contributed by atoms with Crippen molar-refractivity contribution < 1.29 is 0 Å². The van der Waals surface area contributed by atoms with Crippen LogP contribution < -0.4 is 5.73 Å². The number of rotatable bonds is 2. The Morgan fingerprint density at radius 3 is 2.38 bits per heavy atom. The van der Waals surface area contributed by atoms with Crippen molar-refractivity contribution in [2.24, 2.45) is 5.73 Å². The summed E-state index contributed by atoms with van der Waals surface area (Å²) in [5.41, 5.74) is 6.86. The maximum absolute atomic E-state index is 6.32. The van der Waals surface area contributed by atoms with E-state index in [1.807, 2.05) is 11.3 Å². The van der Waals surface area contributed by atoms with Crippen molar-refractivity contribution >= 4 is 27.3 Å². The molecular weight excluding hydrogens is 246 g/mol. The Bertz CT molecular complexity index is 350. The molecule has 13 heavy (non-hydrogen) atoms. The average molecular weight is 258 g/mol. The van der Waals surface area contributed by atoms with Gasteiger partial charge in [-0.15, -0.1) is 11.3 Å². The van der Waals surface area contributed by atoms with Crippen LogP contribution in [-0.2, 0) is 5.41 Å². The van der Waals surface area contributed by atoms with E-state index < -0.39 is 0 Å². The van der Waals surface area contributed by atoms with Crippen molar-refractivity contribution in [3.63, 3.8) is 0 Å². The van der Waals surface area contributed by atoms with Crippen molar-refractivity contribution in [2.45, 2.75) is 36.6 Å². The fourth-order valence-electron chi connectivity index (χ4n) is 2.29. The molecule has 2 aliphatic rings. The Labute approximate surface area is 90.5 Å². The van der Waals surface area contributed by atoms with Gasteiger partial charge in [-0.3, -0.25) is 0 Å². The zero-order valence-corrected chi connectivity index (χ0v) is 9.75. The Hall–Kier alpha value is 0.140. The van der Waals surface area contributed by atoms with E-state index in [4.69, 9.17) is 5.73 Å². The van der Waals surface area contributed by atoms with E-state index in [0.717, 1.165) is 0 Å². The molecule has 0 atom stereocenters. The molecule has 0 aromatic carbocycles. The van der Waals surface area contributed by atoms with Gasteiger partial charge in [-0.05, 0) is 47.7 Å². The van der Waals surface area contributed by atoms with Crippen molar-refractivity contribution in [3.05, 3.63) is 20.8 Å². The maximum Gasteiger partial charge on any atom is 0.0285 e. The molecule has 2 saturated carbocycles. The Balaban J connectivity index is 2.00. The van der Waals surface area contributed by atoms with Gasteiger partial charge in [0, 0.05) is 25.7 Å². The van der Waals surface area contributed by atoms with Crippen LogP contribution in [0.15, 0.2) is 15.9 Å². The molecule has 0 spiro atoms. The topological polar surface area (TPSA) is 26.0 Å². The molecule has 0 bridgehead atoms. The van der Waals surface area contributed by atoms with Crippen LogP contribution in [0.4, 0.5) is 0 Å². The molecule has 0 saturated heterocycles. The summed E-state index contributed by atoms with van der Waals surface area (Å²) in [7, 11) is 0. The maximum atomic E-state index is 6.32. The molecule has 0 radical (unpaired) electrons. The minimum atomic E-state index is 0.164. The fourth-order valence-corrected chi connectivity index (χ4v) is 4.09. The van der Waals surface area contributed by atoms with Crippen molar-refractivity contribution in [1.82, 2.24) is 0 Å². The van der Waals surface area contributed by atoms with E-state index in [1.54, 1.807) is 0 Å². The molecular formula is C10H12BrNS. The normalized spacial score (nSPS) is 27.2. The van der Waals surface area contributed by atoms with Gasteiger partial charge < -0.3 is 5.73 Å². The molecule has 2 fully saturated rings. The first-order valence-corrected chi connectivity index (χ1v) is 6.37. The zero-order valence-electron chi connectivity index (χ0n) is 7.35. The first kappa shape index (κ1) is 8.45. The van der Waals surface area contributed by atoms with Gasteiger partial charge >= 0.3 is 0 Å². The lowest BCUT2D eigenvalue weighted by atomic mass is 9.93. The van der Waals surface area contributed by atoms with E-state index in [9.17, 15) is 0 Å². The van der Waals surface area contributed by atoms with Crippen LogP contribution in [-0.4, -0.2) is 5.54 Å². The number of thiophene rings is 1. The smallest absolute Gasteiger partial charge is 0.0285 e. The summed E-state index contributed by atoms with van der Waals surface area (Å²) in [6, 6.07) is 2.25. The van der Waals surface area contributed by atoms with Gasteiger partial charge in [-0.25, -0.2) is 0 Å². The first-order chi connectivity index (χ1) is 6.16. The van der Waals surface area contributed by atoms with Crippen LogP contribution in [0.25, 0.3) is 0 Å². The van der Waals surface area contributed by atoms with Crippen LogP contribution in [0.3, 0.4) is 0 Å². The molecule has 0 unspecified atom stereocenters. The van der Waals surface area contributed by atoms with Crippen LogP contribution in [0.1, 0.15) is 30.6 Å². The predicted molar refractivity (Wildman–Crippen MR) is 59.1 cm³/mol. The third-order valence-electron chi connectivity index (χ3n) is 3.53. The highest BCUT2D eigenvalue weighted by molar-refractivity contribution is 9.10. The van der Waals surface area contributed by atoms with Crippen LogP contribution in [0.5, 0.6) is 0 Å². The largest absolute Gasteiger partial charge is 0.324 e. The SMILES string of the molecule is NC1(C2(c3cc(Br)cs3)CC2)CC1. The summed E-state index contributed by atoms with van der Waals surface area (Å²) in [6.07, 6.45) is 5.05. The summed E-state index contributed by atoms with van der Waals surface area (Å²) in [5.74, 6) is 0. The van der Waals surface area contributed by atoms with E-state index in [0.29, 0.717) is 5.41 Å². The lowest BCUT2D eigenvalue weighted by molar-refractivity contribution is 0.511. The highest BCUT2D eigenvalue weighted by Crippen LogP contribution is 2.64. The third kappa shape index (κ3) is 1.07. The summed E-state index contributed by atoms with van der Waals surface area (Å²) in [4.78, 5) is 1.50. The molecule has 2 N–H and O–H groups in total. The van der Waals surface area contributed by atoms with E-state index >= 15 is 0 Å². The number of hydrogen-bond acceptors (Lipinski definition) is 2. The van der Waals surface area contributed by atoms with Crippen molar-refractivity contribution in [2.75, 3.05) is 0 Å². The molecule has 0 aliphatic heterocycles. The van der Waals surface area contributed by atoms with Gasteiger partial charge in [0.05, 0.1) is 0 Å². The zero-order chi connectivity index (χ0) is 9.10. The highest BCUT2D eigenvalue weighted by Gasteiger charge is 2.64. The Kier molecular flexibility index (Phi) is 1.55. The quantitative estimate of drug-likeness (QED) is 0.866. The second kappa shape index (κ2) is 2.38. The van der Waals surface area contributed by atoms with Gasteiger partial charge in [0.1, 0.15) is 0 Å². The lowest BCUT2D eigenvalue weighted by Gasteiger charge is -2.20. The first-order valence-electron chi connectivity index (χ1n) is 4.70. The minimum absolute atomic E-state index is 0.164. The van der Waals surface area contributed by atoms with Crippen molar-refractivity contribution in [3.8, 4) is 0 Å². The summed E-state index contributed by atoms with van der Waals surface area (Å²) >= 11 is 5.37. The third-order valence-corrected chi connectivity index (χ3v) is 5.43. The lowest BCUT2D eigenvalue weighted by Crippen LogP contribution is -2.36. The van der Waals surface area contributed by atoms with Crippen molar-refractivity contribution in [1.29, 1.82) is 0 Å². The summed E-state index contributed by atoms with van der Waals surface area (Å²) in [6.45, 7) is 0. The molecule has 1 nitrogen and oxygen atoms in total. The van der Waals surface area contributed by atoms with E-state index in [1.165, 1.54) is 35.0 Å². The van der Waals surface area contributed by atoms with E-state index in [-0.39, 0.29) is 5.54 Å².